The highest BCUT2D eigenvalue weighted by atomic mass is 16.6. The van der Waals surface area contributed by atoms with Crippen molar-refractivity contribution in [3.05, 3.63) is 44.1 Å². The molecule has 2 rings (SSSR count). The second-order valence-electron chi connectivity index (χ2n) is 9.45. The molecule has 0 aromatic heterocycles. The highest BCUT2D eigenvalue weighted by Crippen LogP contribution is 2.44. The number of nitrogens with zero attached hydrogens (tertiary/aromatic N) is 1. The Balaban J connectivity index is 1.78. The minimum absolute atomic E-state index is 0.161. The third-order valence-corrected chi connectivity index (χ3v) is 6.90. The van der Waals surface area contributed by atoms with Crippen LogP contribution in [0.1, 0.15) is 107 Å². The van der Waals surface area contributed by atoms with Gasteiger partial charge in [-0.25, -0.2) is 0 Å². The van der Waals surface area contributed by atoms with Crippen molar-refractivity contribution in [2.75, 3.05) is 0 Å². The standard InChI is InChI=1S/C26H41NO4/c1-6-7-11-14-22(27(29)30)15-12-9-8-10-13-17-26(5)18-16-23-21(4)24(28)19(2)20(3)25(23)31-26/h15,28H,6-14,16-18H2,1-5H3. The van der Waals surface area contributed by atoms with E-state index in [1.54, 1.807) is 0 Å². The number of nitro groups is 1. The zero-order valence-electron chi connectivity index (χ0n) is 20.2. The lowest BCUT2D eigenvalue weighted by Crippen LogP contribution is -2.37. The number of rotatable bonds is 12. The molecule has 1 heterocycles. The second-order valence-corrected chi connectivity index (χ2v) is 9.45. The van der Waals surface area contributed by atoms with Gasteiger partial charge in [-0.15, -0.1) is 0 Å². The number of aromatic hydroxyl groups is 1. The van der Waals surface area contributed by atoms with E-state index in [1.165, 1.54) is 0 Å². The average molecular weight is 432 g/mol. The van der Waals surface area contributed by atoms with Crippen LogP contribution in [0.25, 0.3) is 0 Å². The van der Waals surface area contributed by atoms with E-state index >= 15 is 0 Å². The van der Waals surface area contributed by atoms with Crippen LogP contribution in [-0.2, 0) is 6.42 Å². The van der Waals surface area contributed by atoms with Crippen LogP contribution in [0.4, 0.5) is 0 Å². The SMILES string of the molecule is CCCCCC(=CCCCCCCC1(C)CCc2c(C)c(O)c(C)c(C)c2O1)[N+](=O)[O-]. The zero-order chi connectivity index (χ0) is 23.0. The maximum Gasteiger partial charge on any atom is 0.242 e. The van der Waals surface area contributed by atoms with Crippen molar-refractivity contribution in [1.82, 2.24) is 0 Å². The summed E-state index contributed by atoms with van der Waals surface area (Å²) >= 11 is 0. The summed E-state index contributed by atoms with van der Waals surface area (Å²) in [5.74, 6) is 1.38. The Bertz CT molecular complexity index is 799. The molecule has 0 saturated carbocycles. The maximum absolute atomic E-state index is 11.2. The van der Waals surface area contributed by atoms with Gasteiger partial charge in [0.1, 0.15) is 17.1 Å². The Kier molecular flexibility index (Phi) is 9.39. The lowest BCUT2D eigenvalue weighted by molar-refractivity contribution is -0.428. The summed E-state index contributed by atoms with van der Waals surface area (Å²) < 4.78 is 6.50. The summed E-state index contributed by atoms with van der Waals surface area (Å²) in [6.07, 6.45) is 13.5. The van der Waals surface area contributed by atoms with Gasteiger partial charge in [0.2, 0.25) is 5.70 Å². The van der Waals surface area contributed by atoms with E-state index in [0.717, 1.165) is 98.6 Å². The lowest BCUT2D eigenvalue weighted by atomic mass is 9.84. The third kappa shape index (κ3) is 6.72. The molecule has 0 amide bonds. The lowest BCUT2D eigenvalue weighted by Gasteiger charge is -2.38. The van der Waals surface area contributed by atoms with Gasteiger partial charge < -0.3 is 9.84 Å². The van der Waals surface area contributed by atoms with Crippen molar-refractivity contribution in [1.29, 1.82) is 0 Å². The fourth-order valence-corrected chi connectivity index (χ4v) is 4.56. The summed E-state index contributed by atoms with van der Waals surface area (Å²) in [6, 6.07) is 0. The normalized spacial score (nSPS) is 18.5. The van der Waals surface area contributed by atoms with Gasteiger partial charge in [0.05, 0.1) is 4.92 Å². The number of hydrogen-bond donors (Lipinski definition) is 1. The molecule has 1 aliphatic heterocycles. The first-order chi connectivity index (χ1) is 14.7. The Morgan fingerprint density at radius 2 is 1.81 bits per heavy atom. The van der Waals surface area contributed by atoms with Crippen LogP contribution in [0, 0.1) is 30.9 Å². The van der Waals surface area contributed by atoms with E-state index in [-0.39, 0.29) is 10.5 Å². The van der Waals surface area contributed by atoms with Gasteiger partial charge in [0.25, 0.3) is 0 Å². The Hall–Kier alpha value is -2.04. The molecule has 0 fully saturated rings. The van der Waals surface area contributed by atoms with Gasteiger partial charge in [-0.05, 0) is 95.4 Å². The summed E-state index contributed by atoms with van der Waals surface area (Å²) in [6.45, 7) is 10.3. The van der Waals surface area contributed by atoms with Crippen molar-refractivity contribution in [2.45, 2.75) is 117 Å². The first kappa shape index (κ1) is 25.2. The molecule has 1 atom stereocenters. The van der Waals surface area contributed by atoms with Crippen molar-refractivity contribution < 1.29 is 14.8 Å². The predicted octanol–water partition coefficient (Wildman–Crippen LogP) is 7.48. The van der Waals surface area contributed by atoms with E-state index in [9.17, 15) is 15.2 Å². The molecule has 0 radical (unpaired) electrons. The Labute approximate surface area is 188 Å². The number of benzene rings is 1. The Morgan fingerprint density at radius 3 is 2.48 bits per heavy atom. The quantitative estimate of drug-likeness (QED) is 0.211. The topological polar surface area (TPSA) is 72.6 Å². The number of fused-ring (bicyclic) bond motifs is 1. The highest BCUT2D eigenvalue weighted by Gasteiger charge is 2.34. The third-order valence-electron chi connectivity index (χ3n) is 6.90. The highest BCUT2D eigenvalue weighted by molar-refractivity contribution is 5.58. The number of phenols is 1. The monoisotopic (exact) mass is 431 g/mol. The maximum atomic E-state index is 11.2. The molecule has 174 valence electrons. The van der Waals surface area contributed by atoms with Crippen molar-refractivity contribution in [2.24, 2.45) is 0 Å². The van der Waals surface area contributed by atoms with Gasteiger partial charge >= 0.3 is 0 Å². The first-order valence-corrected chi connectivity index (χ1v) is 12.0. The van der Waals surface area contributed by atoms with E-state index in [1.807, 2.05) is 26.8 Å². The molecule has 0 bridgehead atoms. The molecule has 5 heteroatoms. The number of allylic oxidation sites excluding steroid dienone is 2. The van der Waals surface area contributed by atoms with Crippen molar-refractivity contribution in [3.8, 4) is 11.5 Å². The van der Waals surface area contributed by atoms with Gasteiger partial charge in [-0.1, -0.05) is 32.6 Å². The number of phenolic OH excluding ortho intramolecular Hbond substituents is 1. The van der Waals surface area contributed by atoms with Crippen molar-refractivity contribution >= 4 is 0 Å². The zero-order valence-corrected chi connectivity index (χ0v) is 20.2. The van der Waals surface area contributed by atoms with E-state index < -0.39 is 0 Å². The molecule has 1 aromatic carbocycles. The van der Waals surface area contributed by atoms with Gasteiger partial charge in [-0.2, -0.15) is 0 Å². The molecule has 0 aliphatic carbocycles. The first-order valence-electron chi connectivity index (χ1n) is 12.0. The number of hydrogen-bond acceptors (Lipinski definition) is 4. The molecule has 1 unspecified atom stereocenters. The summed E-state index contributed by atoms with van der Waals surface area (Å²) in [5.41, 5.74) is 4.31. The summed E-state index contributed by atoms with van der Waals surface area (Å²) in [5, 5.41) is 21.5. The average Bonchev–Trinajstić information content (AvgIpc) is 2.74. The van der Waals surface area contributed by atoms with E-state index in [2.05, 4.69) is 13.8 Å². The van der Waals surface area contributed by atoms with Gasteiger partial charge in [0, 0.05) is 12.0 Å². The van der Waals surface area contributed by atoms with Crippen LogP contribution in [0.3, 0.4) is 0 Å². The fourth-order valence-electron chi connectivity index (χ4n) is 4.56. The van der Waals surface area contributed by atoms with Crippen LogP contribution in [0.2, 0.25) is 0 Å². The number of ether oxygens (including phenoxy) is 1. The summed E-state index contributed by atoms with van der Waals surface area (Å²) in [7, 11) is 0. The molecular weight excluding hydrogens is 390 g/mol. The smallest absolute Gasteiger partial charge is 0.242 e. The van der Waals surface area contributed by atoms with Crippen molar-refractivity contribution in [3.63, 3.8) is 0 Å². The molecule has 31 heavy (non-hydrogen) atoms. The van der Waals surface area contributed by atoms with E-state index in [0.29, 0.717) is 17.9 Å². The predicted molar refractivity (Wildman–Crippen MR) is 127 cm³/mol. The van der Waals surface area contributed by atoms with E-state index in [4.69, 9.17) is 4.74 Å². The van der Waals surface area contributed by atoms with Crippen LogP contribution in [0.5, 0.6) is 11.5 Å². The van der Waals surface area contributed by atoms with Crippen LogP contribution < -0.4 is 4.74 Å². The number of unbranched alkanes of at least 4 members (excludes halogenated alkanes) is 6. The molecule has 5 nitrogen and oxygen atoms in total. The molecule has 0 spiro atoms. The van der Waals surface area contributed by atoms with Crippen LogP contribution in [-0.4, -0.2) is 15.6 Å². The molecule has 1 aliphatic rings. The fraction of sp³-hybridized carbons (Fsp3) is 0.692. The molecule has 1 aromatic rings. The molecule has 1 N–H and O–H groups in total. The molecular formula is C26H41NO4. The summed E-state index contributed by atoms with van der Waals surface area (Å²) in [4.78, 5) is 10.9. The Morgan fingerprint density at radius 1 is 1.10 bits per heavy atom. The van der Waals surface area contributed by atoms with Gasteiger partial charge in [-0.3, -0.25) is 10.1 Å². The second kappa shape index (κ2) is 11.5. The van der Waals surface area contributed by atoms with Gasteiger partial charge in [0.15, 0.2) is 0 Å². The minimum Gasteiger partial charge on any atom is -0.507 e. The van der Waals surface area contributed by atoms with Crippen LogP contribution in [0.15, 0.2) is 11.8 Å². The largest absolute Gasteiger partial charge is 0.507 e. The molecule has 0 saturated heterocycles. The minimum atomic E-state index is -0.208. The van der Waals surface area contributed by atoms with Crippen LogP contribution >= 0.6 is 0 Å².